The van der Waals surface area contributed by atoms with Gasteiger partial charge in [-0.05, 0) is 24.1 Å². The second kappa shape index (κ2) is 9.89. The van der Waals surface area contributed by atoms with Crippen molar-refractivity contribution in [3.63, 3.8) is 0 Å². The van der Waals surface area contributed by atoms with Crippen LogP contribution >= 0.6 is 34.5 Å². The maximum absolute atomic E-state index is 13.1. The van der Waals surface area contributed by atoms with Crippen LogP contribution in [0.2, 0.25) is 10.0 Å². The van der Waals surface area contributed by atoms with Gasteiger partial charge in [0.15, 0.2) is 5.13 Å². The molecule has 1 atom stereocenters. The van der Waals surface area contributed by atoms with Crippen molar-refractivity contribution in [2.24, 2.45) is 5.92 Å². The molecule has 2 aromatic carbocycles. The van der Waals surface area contributed by atoms with Crippen LogP contribution < -0.4 is 5.32 Å². The van der Waals surface area contributed by atoms with Gasteiger partial charge in [-0.25, -0.2) is 4.98 Å². The van der Waals surface area contributed by atoms with Gasteiger partial charge in [-0.2, -0.15) is 13.2 Å². The number of alkyl halides is 3. The van der Waals surface area contributed by atoms with Crippen LogP contribution in [0.15, 0.2) is 48.5 Å². The summed E-state index contributed by atoms with van der Waals surface area (Å²) in [6, 6.07) is 13.6. The minimum atomic E-state index is -4.42. The lowest BCUT2D eigenvalue weighted by Crippen LogP contribution is -2.25. The molecule has 4 nitrogen and oxygen atoms in total. The number of carboxylic acid groups (broad SMARTS) is 1. The number of benzene rings is 2. The van der Waals surface area contributed by atoms with E-state index in [0.717, 1.165) is 16.9 Å². The van der Waals surface area contributed by atoms with E-state index in [4.69, 9.17) is 23.2 Å². The molecule has 0 spiro atoms. The maximum atomic E-state index is 13.1. The molecule has 3 aromatic rings. The lowest BCUT2D eigenvalue weighted by atomic mass is 9.99. The van der Waals surface area contributed by atoms with Crippen molar-refractivity contribution in [1.29, 1.82) is 0 Å². The molecule has 1 heterocycles. The summed E-state index contributed by atoms with van der Waals surface area (Å²) in [5, 5.41) is 13.1. The van der Waals surface area contributed by atoms with Crippen LogP contribution in [0.1, 0.15) is 10.4 Å². The van der Waals surface area contributed by atoms with Crippen molar-refractivity contribution < 1.29 is 23.1 Å². The highest BCUT2D eigenvalue weighted by Crippen LogP contribution is 2.37. The first-order chi connectivity index (χ1) is 14.6. The molecule has 3 rings (SSSR count). The van der Waals surface area contributed by atoms with Crippen LogP contribution in [0, 0.1) is 5.92 Å². The summed E-state index contributed by atoms with van der Waals surface area (Å²) in [5.41, 5.74) is 1.39. The third-order valence-corrected chi connectivity index (χ3v) is 6.18. The first kappa shape index (κ1) is 23.4. The maximum Gasteiger partial charge on any atom is 0.393 e. The number of aliphatic carboxylic acids is 1. The summed E-state index contributed by atoms with van der Waals surface area (Å²) in [7, 11) is 0. The van der Waals surface area contributed by atoms with Crippen LogP contribution in [0.25, 0.3) is 11.3 Å². The van der Waals surface area contributed by atoms with E-state index >= 15 is 0 Å². The molecule has 0 saturated carbocycles. The highest BCUT2D eigenvalue weighted by molar-refractivity contribution is 7.16. The Labute approximate surface area is 190 Å². The standard InChI is InChI=1S/C21H17Cl2F3N2O2S/c22-15-7-6-13(9-16(15)23)18-17(10-21(24,25)26)31-20(28-18)27-11-14(19(29)30)8-12-4-2-1-3-5-12/h1-7,9,14H,8,10-11H2,(H,27,28)(H,29,30). The number of nitrogens with one attached hydrogen (secondary N) is 1. The Bertz CT molecular complexity index is 1060. The number of anilines is 1. The molecular weight excluding hydrogens is 472 g/mol. The fraction of sp³-hybridized carbons (Fsp3) is 0.238. The molecule has 1 aromatic heterocycles. The van der Waals surface area contributed by atoms with Gasteiger partial charge in [0, 0.05) is 17.0 Å². The number of nitrogens with zero attached hydrogens (tertiary/aromatic N) is 1. The predicted molar refractivity (Wildman–Crippen MR) is 117 cm³/mol. The average Bonchev–Trinajstić information content (AvgIpc) is 3.08. The molecule has 164 valence electrons. The fourth-order valence-corrected chi connectivity index (χ4v) is 4.27. The fourth-order valence-electron chi connectivity index (χ4n) is 2.95. The van der Waals surface area contributed by atoms with Crippen molar-refractivity contribution in [3.05, 3.63) is 69.0 Å². The number of rotatable bonds is 8. The van der Waals surface area contributed by atoms with E-state index in [-0.39, 0.29) is 38.7 Å². The highest BCUT2D eigenvalue weighted by Gasteiger charge is 2.31. The lowest BCUT2D eigenvalue weighted by molar-refractivity contribution is -0.141. The van der Waals surface area contributed by atoms with Crippen LogP contribution in [0.5, 0.6) is 0 Å². The monoisotopic (exact) mass is 488 g/mol. The van der Waals surface area contributed by atoms with Gasteiger partial charge in [-0.15, -0.1) is 11.3 Å². The van der Waals surface area contributed by atoms with Crippen molar-refractivity contribution in [3.8, 4) is 11.3 Å². The Morgan fingerprint density at radius 2 is 1.84 bits per heavy atom. The van der Waals surface area contributed by atoms with E-state index in [1.54, 1.807) is 6.07 Å². The third-order valence-electron chi connectivity index (χ3n) is 4.43. The summed E-state index contributed by atoms with van der Waals surface area (Å²) < 4.78 is 39.3. The number of hydrogen-bond donors (Lipinski definition) is 2. The quantitative estimate of drug-likeness (QED) is 0.376. The van der Waals surface area contributed by atoms with E-state index in [2.05, 4.69) is 10.3 Å². The number of carboxylic acids is 1. The molecule has 0 aliphatic heterocycles. The molecule has 0 fully saturated rings. The normalized spacial score (nSPS) is 12.5. The third kappa shape index (κ3) is 6.59. The van der Waals surface area contributed by atoms with E-state index in [1.165, 1.54) is 12.1 Å². The first-order valence-electron chi connectivity index (χ1n) is 9.15. The molecular formula is C21H17Cl2F3N2O2S. The molecule has 1 unspecified atom stereocenters. The Morgan fingerprint density at radius 1 is 1.13 bits per heavy atom. The molecule has 0 bridgehead atoms. The minimum absolute atomic E-state index is 0.00308. The Hall–Kier alpha value is -2.29. The zero-order chi connectivity index (χ0) is 22.6. The van der Waals surface area contributed by atoms with Gasteiger partial charge in [-0.3, -0.25) is 4.79 Å². The van der Waals surface area contributed by atoms with Gasteiger partial charge in [-0.1, -0.05) is 59.6 Å². The SMILES string of the molecule is O=C(O)C(CNc1nc(-c2ccc(Cl)c(Cl)c2)c(CC(F)(F)F)s1)Cc1ccccc1. The van der Waals surface area contributed by atoms with Crippen LogP contribution in [0.3, 0.4) is 0 Å². The summed E-state index contributed by atoms with van der Waals surface area (Å²) in [6.45, 7) is 0.0179. The van der Waals surface area contributed by atoms with Gasteiger partial charge >= 0.3 is 12.1 Å². The summed E-state index contributed by atoms with van der Waals surface area (Å²) in [6.07, 6.45) is -5.30. The van der Waals surface area contributed by atoms with E-state index in [1.807, 2.05) is 30.3 Å². The number of aromatic nitrogens is 1. The Kier molecular flexibility index (Phi) is 7.46. The molecule has 31 heavy (non-hydrogen) atoms. The van der Waals surface area contributed by atoms with Gasteiger partial charge < -0.3 is 10.4 Å². The van der Waals surface area contributed by atoms with Gasteiger partial charge in [0.1, 0.15) is 0 Å². The Morgan fingerprint density at radius 3 is 2.45 bits per heavy atom. The number of carbonyl (C=O) groups is 1. The topological polar surface area (TPSA) is 62.2 Å². The largest absolute Gasteiger partial charge is 0.481 e. The molecule has 0 amide bonds. The minimum Gasteiger partial charge on any atom is -0.481 e. The predicted octanol–water partition coefficient (Wildman–Crippen LogP) is 6.58. The second-order valence-corrected chi connectivity index (χ2v) is 8.72. The summed E-state index contributed by atoms with van der Waals surface area (Å²) in [5.74, 6) is -1.78. The number of halogens is 5. The van der Waals surface area contributed by atoms with Crippen LogP contribution in [-0.2, 0) is 17.6 Å². The van der Waals surface area contributed by atoms with E-state index < -0.39 is 24.5 Å². The number of thiazole rings is 1. The molecule has 0 saturated heterocycles. The van der Waals surface area contributed by atoms with E-state index in [0.29, 0.717) is 5.56 Å². The van der Waals surface area contributed by atoms with Crippen molar-refractivity contribution in [1.82, 2.24) is 4.98 Å². The molecule has 0 radical (unpaired) electrons. The zero-order valence-corrected chi connectivity index (χ0v) is 18.2. The first-order valence-corrected chi connectivity index (χ1v) is 10.7. The molecule has 0 aliphatic rings. The van der Waals surface area contributed by atoms with Gasteiger partial charge in [0.2, 0.25) is 0 Å². The van der Waals surface area contributed by atoms with Gasteiger partial charge in [0.25, 0.3) is 0 Å². The van der Waals surface area contributed by atoms with Crippen molar-refractivity contribution >= 4 is 45.6 Å². The van der Waals surface area contributed by atoms with Gasteiger partial charge in [0.05, 0.1) is 28.1 Å². The van der Waals surface area contributed by atoms with E-state index in [9.17, 15) is 23.1 Å². The summed E-state index contributed by atoms with van der Waals surface area (Å²) in [4.78, 5) is 15.9. The summed E-state index contributed by atoms with van der Waals surface area (Å²) >= 11 is 12.8. The molecule has 2 N–H and O–H groups in total. The average molecular weight is 489 g/mol. The van der Waals surface area contributed by atoms with Crippen LogP contribution in [0.4, 0.5) is 18.3 Å². The Balaban J connectivity index is 1.83. The molecule has 10 heteroatoms. The van der Waals surface area contributed by atoms with Crippen LogP contribution in [-0.4, -0.2) is 28.8 Å². The number of hydrogen-bond acceptors (Lipinski definition) is 4. The smallest absolute Gasteiger partial charge is 0.393 e. The highest BCUT2D eigenvalue weighted by atomic mass is 35.5. The lowest BCUT2D eigenvalue weighted by Gasteiger charge is -2.13. The zero-order valence-electron chi connectivity index (χ0n) is 15.9. The molecule has 0 aliphatic carbocycles. The van der Waals surface area contributed by atoms with Crippen molar-refractivity contribution in [2.75, 3.05) is 11.9 Å². The second-order valence-electron chi connectivity index (χ2n) is 6.82. The van der Waals surface area contributed by atoms with Crippen molar-refractivity contribution in [2.45, 2.75) is 19.0 Å².